The maximum atomic E-state index is 12.7. The standard InChI is InChI=1S/C20H21N3O5/c1-20(11-18(25)26,13-6-5-7-14(10-13)28-2)22-17(24)12-23-16-9-4-3-8-15(16)21-19(23)27/h3-10H,11-12H2,1-2H3,(H,21,27)(H,22,24)(H,25,26). The molecule has 0 aliphatic carbocycles. The van der Waals surface area contributed by atoms with Crippen molar-refractivity contribution in [1.82, 2.24) is 14.9 Å². The Kier molecular flexibility index (Phi) is 5.21. The van der Waals surface area contributed by atoms with Gasteiger partial charge < -0.3 is 20.1 Å². The third-order valence-electron chi connectivity index (χ3n) is 4.61. The molecule has 8 heteroatoms. The number of carboxylic acids is 1. The molecule has 2 aromatic carbocycles. The molecule has 0 radical (unpaired) electrons. The lowest BCUT2D eigenvalue weighted by atomic mass is 9.88. The van der Waals surface area contributed by atoms with Gasteiger partial charge in [0.1, 0.15) is 12.3 Å². The number of hydrogen-bond donors (Lipinski definition) is 3. The fourth-order valence-corrected chi connectivity index (χ4v) is 3.24. The molecule has 28 heavy (non-hydrogen) atoms. The molecule has 0 spiro atoms. The summed E-state index contributed by atoms with van der Waals surface area (Å²) in [7, 11) is 1.51. The summed E-state index contributed by atoms with van der Waals surface area (Å²) >= 11 is 0. The Morgan fingerprint density at radius 1 is 1.21 bits per heavy atom. The number of carbonyl (C=O) groups is 2. The van der Waals surface area contributed by atoms with Crippen LogP contribution in [-0.4, -0.2) is 33.6 Å². The van der Waals surface area contributed by atoms with Crippen molar-refractivity contribution in [2.75, 3.05) is 7.11 Å². The molecule has 1 heterocycles. The minimum Gasteiger partial charge on any atom is -0.497 e. The molecule has 0 aliphatic rings. The van der Waals surface area contributed by atoms with Gasteiger partial charge in [0.2, 0.25) is 5.91 Å². The molecule has 3 N–H and O–H groups in total. The summed E-state index contributed by atoms with van der Waals surface area (Å²) in [4.78, 5) is 39.0. The fraction of sp³-hybridized carbons (Fsp3) is 0.250. The SMILES string of the molecule is COc1cccc(C(C)(CC(=O)O)NC(=O)Cn2c(=O)[nH]c3ccccc32)c1. The molecule has 1 aromatic heterocycles. The summed E-state index contributed by atoms with van der Waals surface area (Å²) in [6.45, 7) is 1.40. The van der Waals surface area contributed by atoms with Crippen molar-refractivity contribution < 1.29 is 19.4 Å². The maximum absolute atomic E-state index is 12.7. The maximum Gasteiger partial charge on any atom is 0.326 e. The number of rotatable bonds is 7. The van der Waals surface area contributed by atoms with Gasteiger partial charge in [0.25, 0.3) is 0 Å². The number of nitrogens with zero attached hydrogens (tertiary/aromatic N) is 1. The van der Waals surface area contributed by atoms with E-state index in [9.17, 15) is 19.5 Å². The van der Waals surface area contributed by atoms with Gasteiger partial charge in [-0.15, -0.1) is 0 Å². The fourth-order valence-electron chi connectivity index (χ4n) is 3.24. The smallest absolute Gasteiger partial charge is 0.326 e. The Morgan fingerprint density at radius 2 is 1.96 bits per heavy atom. The molecular formula is C20H21N3O5. The molecule has 3 aromatic rings. The van der Waals surface area contributed by atoms with Gasteiger partial charge in [0, 0.05) is 0 Å². The van der Waals surface area contributed by atoms with E-state index in [2.05, 4.69) is 10.3 Å². The van der Waals surface area contributed by atoms with E-state index >= 15 is 0 Å². The van der Waals surface area contributed by atoms with Crippen LogP contribution in [0.4, 0.5) is 0 Å². The molecule has 0 fully saturated rings. The third-order valence-corrected chi connectivity index (χ3v) is 4.61. The second-order valence-corrected chi connectivity index (χ2v) is 6.72. The van der Waals surface area contributed by atoms with E-state index in [4.69, 9.17) is 4.74 Å². The third kappa shape index (κ3) is 3.90. The quantitative estimate of drug-likeness (QED) is 0.576. The van der Waals surface area contributed by atoms with Gasteiger partial charge in [-0.3, -0.25) is 14.2 Å². The predicted molar refractivity (Wildman–Crippen MR) is 103 cm³/mol. The van der Waals surface area contributed by atoms with Crippen molar-refractivity contribution >= 4 is 22.9 Å². The van der Waals surface area contributed by atoms with Gasteiger partial charge in [-0.1, -0.05) is 24.3 Å². The van der Waals surface area contributed by atoms with E-state index in [1.807, 2.05) is 0 Å². The van der Waals surface area contributed by atoms with Crippen molar-refractivity contribution in [3.63, 3.8) is 0 Å². The van der Waals surface area contributed by atoms with E-state index in [0.29, 0.717) is 22.3 Å². The number of aromatic amines is 1. The Labute approximate surface area is 160 Å². The van der Waals surface area contributed by atoms with Crippen molar-refractivity contribution in [3.05, 3.63) is 64.6 Å². The van der Waals surface area contributed by atoms with Crippen LogP contribution in [0.2, 0.25) is 0 Å². The largest absolute Gasteiger partial charge is 0.497 e. The number of carbonyl (C=O) groups excluding carboxylic acids is 1. The van der Waals surface area contributed by atoms with Crippen LogP contribution >= 0.6 is 0 Å². The topological polar surface area (TPSA) is 113 Å². The number of benzene rings is 2. The second-order valence-electron chi connectivity index (χ2n) is 6.72. The number of hydrogen-bond acceptors (Lipinski definition) is 4. The van der Waals surface area contributed by atoms with Gasteiger partial charge in [-0.05, 0) is 36.8 Å². The van der Waals surface area contributed by atoms with Crippen LogP contribution in [0.15, 0.2) is 53.3 Å². The summed E-state index contributed by atoms with van der Waals surface area (Å²) in [5.41, 5.74) is 0.240. The molecular weight excluding hydrogens is 362 g/mol. The minimum atomic E-state index is -1.17. The van der Waals surface area contributed by atoms with E-state index in [1.165, 1.54) is 11.7 Å². The molecule has 8 nitrogen and oxygen atoms in total. The van der Waals surface area contributed by atoms with Crippen molar-refractivity contribution in [2.24, 2.45) is 0 Å². The van der Waals surface area contributed by atoms with Gasteiger partial charge in [0.15, 0.2) is 0 Å². The zero-order chi connectivity index (χ0) is 20.3. The van der Waals surface area contributed by atoms with E-state index in [-0.39, 0.29) is 13.0 Å². The molecule has 1 amide bonds. The number of ether oxygens (including phenoxy) is 1. The lowest BCUT2D eigenvalue weighted by Gasteiger charge is -2.30. The number of aromatic nitrogens is 2. The van der Waals surface area contributed by atoms with E-state index in [1.54, 1.807) is 55.5 Å². The Balaban J connectivity index is 1.90. The summed E-state index contributed by atoms with van der Waals surface area (Å²) < 4.78 is 6.52. The number of fused-ring (bicyclic) bond motifs is 1. The van der Waals surface area contributed by atoms with Crippen molar-refractivity contribution in [3.8, 4) is 5.75 Å². The number of para-hydroxylation sites is 2. The van der Waals surface area contributed by atoms with E-state index in [0.717, 1.165) is 0 Å². The van der Waals surface area contributed by atoms with Gasteiger partial charge >= 0.3 is 11.7 Å². The number of amides is 1. The first-order valence-corrected chi connectivity index (χ1v) is 8.67. The number of imidazole rings is 1. The zero-order valence-corrected chi connectivity index (χ0v) is 15.6. The molecule has 0 saturated heterocycles. The van der Waals surface area contributed by atoms with E-state index < -0.39 is 23.1 Å². The zero-order valence-electron chi connectivity index (χ0n) is 15.6. The van der Waals surface area contributed by atoms with Crippen molar-refractivity contribution in [2.45, 2.75) is 25.4 Å². The first kappa shape index (κ1) is 19.2. The Bertz CT molecular complexity index is 1080. The highest BCUT2D eigenvalue weighted by Crippen LogP contribution is 2.28. The first-order valence-electron chi connectivity index (χ1n) is 8.67. The highest BCUT2D eigenvalue weighted by molar-refractivity contribution is 5.81. The number of nitrogens with one attached hydrogen (secondary N) is 2. The second kappa shape index (κ2) is 7.59. The first-order chi connectivity index (χ1) is 13.3. The highest BCUT2D eigenvalue weighted by atomic mass is 16.5. The molecule has 0 bridgehead atoms. The summed E-state index contributed by atoms with van der Waals surface area (Å²) in [6.07, 6.45) is -0.325. The van der Waals surface area contributed by atoms with Crippen LogP contribution in [0.5, 0.6) is 5.75 Å². The summed E-state index contributed by atoms with van der Waals surface area (Å²) in [6, 6.07) is 13.9. The van der Waals surface area contributed by atoms with Crippen molar-refractivity contribution in [1.29, 1.82) is 0 Å². The van der Waals surface area contributed by atoms with Crippen LogP contribution in [0.25, 0.3) is 11.0 Å². The lowest BCUT2D eigenvalue weighted by molar-refractivity contribution is -0.139. The molecule has 3 rings (SSSR count). The molecule has 1 unspecified atom stereocenters. The molecule has 146 valence electrons. The van der Waals surface area contributed by atoms with Gasteiger partial charge in [-0.2, -0.15) is 0 Å². The number of methoxy groups -OCH3 is 1. The molecule has 1 atom stereocenters. The Hall–Kier alpha value is -3.55. The van der Waals surface area contributed by atoms with Crippen LogP contribution < -0.4 is 15.7 Å². The lowest BCUT2D eigenvalue weighted by Crippen LogP contribution is -2.46. The van der Waals surface area contributed by atoms with Crippen LogP contribution in [0.3, 0.4) is 0 Å². The average molecular weight is 383 g/mol. The van der Waals surface area contributed by atoms with Gasteiger partial charge in [0.05, 0.1) is 30.1 Å². The van der Waals surface area contributed by atoms with Crippen LogP contribution in [-0.2, 0) is 21.7 Å². The highest BCUT2D eigenvalue weighted by Gasteiger charge is 2.32. The normalized spacial score (nSPS) is 13.1. The number of carboxylic acid groups (broad SMARTS) is 1. The van der Waals surface area contributed by atoms with Crippen LogP contribution in [0.1, 0.15) is 18.9 Å². The number of aliphatic carboxylic acids is 1. The summed E-state index contributed by atoms with van der Waals surface area (Å²) in [5, 5.41) is 12.1. The molecule has 0 saturated carbocycles. The molecule has 0 aliphatic heterocycles. The predicted octanol–water partition coefficient (Wildman–Crippen LogP) is 1.84. The average Bonchev–Trinajstić information content (AvgIpc) is 2.96. The minimum absolute atomic E-state index is 0.234. The summed E-state index contributed by atoms with van der Waals surface area (Å²) in [5.74, 6) is -0.982. The van der Waals surface area contributed by atoms with Crippen LogP contribution in [0, 0.1) is 0 Å². The number of H-pyrrole nitrogens is 1. The Morgan fingerprint density at radius 3 is 2.68 bits per heavy atom. The monoisotopic (exact) mass is 383 g/mol. The van der Waals surface area contributed by atoms with Gasteiger partial charge in [-0.25, -0.2) is 4.79 Å².